The minimum absolute atomic E-state index is 0.598. The van der Waals surface area contributed by atoms with Crippen LogP contribution in [0, 0.1) is 0 Å². The van der Waals surface area contributed by atoms with Crippen molar-refractivity contribution in [2.75, 3.05) is 46.9 Å². The molecular formula is C12H20OS5. The minimum atomic E-state index is 0.598. The highest BCUT2D eigenvalue weighted by atomic mass is 32.2. The zero-order valence-electron chi connectivity index (χ0n) is 10.4. The molecule has 0 N–H and O–H groups in total. The maximum absolute atomic E-state index is 5.25. The second-order valence-electron chi connectivity index (χ2n) is 4.90. The lowest BCUT2D eigenvalue weighted by Crippen LogP contribution is -2.28. The van der Waals surface area contributed by atoms with E-state index in [1.54, 1.807) is 0 Å². The van der Waals surface area contributed by atoms with Crippen LogP contribution >= 0.6 is 58.8 Å². The maximum atomic E-state index is 5.25. The monoisotopic (exact) mass is 340 g/mol. The SMILES string of the molecule is C1OC1CSCC1CSC(CSC2CSC2)CS1. The molecule has 18 heavy (non-hydrogen) atoms. The molecule has 3 atom stereocenters. The van der Waals surface area contributed by atoms with Gasteiger partial charge in [0.25, 0.3) is 0 Å². The van der Waals surface area contributed by atoms with Crippen LogP contribution in [0.4, 0.5) is 0 Å². The van der Waals surface area contributed by atoms with Gasteiger partial charge in [0.15, 0.2) is 0 Å². The van der Waals surface area contributed by atoms with E-state index in [1.807, 2.05) is 0 Å². The van der Waals surface area contributed by atoms with E-state index in [4.69, 9.17) is 4.74 Å². The lowest BCUT2D eigenvalue weighted by Gasteiger charge is -2.30. The predicted octanol–water partition coefficient (Wildman–Crippen LogP) is 3.18. The summed E-state index contributed by atoms with van der Waals surface area (Å²) in [5, 5.41) is 2.78. The number of ether oxygens (including phenoxy) is 1. The van der Waals surface area contributed by atoms with Gasteiger partial charge in [-0.25, -0.2) is 0 Å². The molecule has 3 saturated heterocycles. The van der Waals surface area contributed by atoms with E-state index in [-0.39, 0.29) is 0 Å². The largest absolute Gasteiger partial charge is 0.372 e. The molecule has 0 saturated carbocycles. The Morgan fingerprint density at radius 3 is 2.22 bits per heavy atom. The van der Waals surface area contributed by atoms with Crippen molar-refractivity contribution in [1.82, 2.24) is 0 Å². The Kier molecular flexibility index (Phi) is 6.22. The van der Waals surface area contributed by atoms with Crippen LogP contribution in [0.5, 0.6) is 0 Å². The number of hydrogen-bond acceptors (Lipinski definition) is 6. The van der Waals surface area contributed by atoms with Crippen molar-refractivity contribution in [3.8, 4) is 0 Å². The van der Waals surface area contributed by atoms with Crippen LogP contribution in [0.1, 0.15) is 0 Å². The first kappa shape index (κ1) is 14.6. The molecule has 3 aliphatic heterocycles. The highest BCUT2D eigenvalue weighted by Crippen LogP contribution is 2.36. The Labute approximate surface area is 131 Å². The molecule has 3 fully saturated rings. The summed E-state index contributed by atoms with van der Waals surface area (Å²) in [7, 11) is 0. The molecule has 0 spiro atoms. The third-order valence-corrected chi connectivity index (χ3v) is 11.2. The molecule has 0 amide bonds. The molecule has 3 heterocycles. The van der Waals surface area contributed by atoms with E-state index in [1.165, 1.54) is 40.3 Å². The van der Waals surface area contributed by atoms with Crippen LogP contribution in [0.25, 0.3) is 0 Å². The topological polar surface area (TPSA) is 12.5 Å². The summed E-state index contributed by atoms with van der Waals surface area (Å²) in [6.45, 7) is 1.01. The van der Waals surface area contributed by atoms with Gasteiger partial charge in [-0.2, -0.15) is 58.8 Å². The quantitative estimate of drug-likeness (QED) is 0.655. The van der Waals surface area contributed by atoms with Gasteiger partial charge in [0.05, 0.1) is 12.7 Å². The number of epoxide rings is 1. The first-order valence-electron chi connectivity index (χ1n) is 6.52. The third kappa shape index (κ3) is 4.92. The fourth-order valence-electron chi connectivity index (χ4n) is 1.82. The summed E-state index contributed by atoms with van der Waals surface area (Å²) in [5.41, 5.74) is 0. The molecule has 104 valence electrons. The highest BCUT2D eigenvalue weighted by Gasteiger charge is 2.26. The lowest BCUT2D eigenvalue weighted by atomic mass is 10.5. The summed E-state index contributed by atoms with van der Waals surface area (Å²) in [6, 6.07) is 0. The minimum Gasteiger partial charge on any atom is -0.372 e. The summed E-state index contributed by atoms with van der Waals surface area (Å²) < 4.78 is 5.25. The van der Waals surface area contributed by atoms with E-state index in [0.717, 1.165) is 22.4 Å². The summed E-state index contributed by atoms with van der Waals surface area (Å²) in [5.74, 6) is 9.49. The Hall–Kier alpha value is 1.71. The van der Waals surface area contributed by atoms with Gasteiger partial charge in [-0.05, 0) is 0 Å². The summed E-state index contributed by atoms with van der Waals surface area (Å²) in [6.07, 6.45) is 0.598. The van der Waals surface area contributed by atoms with Gasteiger partial charge in [-0.15, -0.1) is 0 Å². The predicted molar refractivity (Wildman–Crippen MR) is 93.1 cm³/mol. The Morgan fingerprint density at radius 2 is 1.67 bits per heavy atom. The molecule has 0 aliphatic carbocycles. The van der Waals surface area contributed by atoms with Gasteiger partial charge >= 0.3 is 0 Å². The molecule has 6 heteroatoms. The maximum Gasteiger partial charge on any atom is 0.0900 e. The second kappa shape index (κ2) is 7.64. The Morgan fingerprint density at radius 1 is 0.944 bits per heavy atom. The smallest absolute Gasteiger partial charge is 0.0900 e. The van der Waals surface area contributed by atoms with Crippen LogP contribution in [0.2, 0.25) is 0 Å². The Bertz CT molecular complexity index is 249. The van der Waals surface area contributed by atoms with Crippen molar-refractivity contribution >= 4 is 58.8 Å². The zero-order chi connectivity index (χ0) is 12.2. The standard InChI is InChI=1S/C12H20OS5/c1-9(13-1)2-14-5-11-6-18-12(8-17-11)7-16-10-3-15-4-10/h9-12H,1-8H2. The van der Waals surface area contributed by atoms with E-state index < -0.39 is 0 Å². The van der Waals surface area contributed by atoms with Crippen LogP contribution in [0.15, 0.2) is 0 Å². The average Bonchev–Trinajstić information content (AvgIpc) is 3.13. The number of thioether (sulfide) groups is 5. The molecule has 3 unspecified atom stereocenters. The van der Waals surface area contributed by atoms with Crippen molar-refractivity contribution in [2.24, 2.45) is 0 Å². The molecule has 0 aromatic heterocycles. The van der Waals surface area contributed by atoms with Crippen LogP contribution in [0.3, 0.4) is 0 Å². The fraction of sp³-hybridized carbons (Fsp3) is 1.00. The normalized spacial score (nSPS) is 36.3. The van der Waals surface area contributed by atoms with Gasteiger partial charge in [0, 0.05) is 56.0 Å². The lowest BCUT2D eigenvalue weighted by molar-refractivity contribution is 0.426. The molecule has 0 bridgehead atoms. The molecule has 1 nitrogen and oxygen atoms in total. The number of hydrogen-bond donors (Lipinski definition) is 0. The fourth-order valence-corrected chi connectivity index (χ4v) is 9.22. The van der Waals surface area contributed by atoms with Crippen LogP contribution in [-0.2, 0) is 4.74 Å². The van der Waals surface area contributed by atoms with Crippen molar-refractivity contribution < 1.29 is 4.74 Å². The van der Waals surface area contributed by atoms with Crippen LogP contribution < -0.4 is 0 Å². The van der Waals surface area contributed by atoms with Gasteiger partial charge in [0.2, 0.25) is 0 Å². The highest BCUT2D eigenvalue weighted by molar-refractivity contribution is 8.10. The molecule has 0 radical (unpaired) electrons. The van der Waals surface area contributed by atoms with Crippen molar-refractivity contribution in [1.29, 1.82) is 0 Å². The van der Waals surface area contributed by atoms with E-state index in [2.05, 4.69) is 58.8 Å². The first-order valence-corrected chi connectivity index (χ1v) is 12.0. The average molecular weight is 341 g/mol. The second-order valence-corrected chi connectivity index (χ2v) is 11.0. The molecule has 3 rings (SSSR count). The van der Waals surface area contributed by atoms with Gasteiger partial charge in [-0.3, -0.25) is 0 Å². The summed E-state index contributed by atoms with van der Waals surface area (Å²) in [4.78, 5) is 0. The number of rotatable bonds is 7. The Balaban J connectivity index is 1.23. The van der Waals surface area contributed by atoms with Crippen molar-refractivity contribution in [2.45, 2.75) is 21.9 Å². The molecule has 0 aromatic rings. The third-order valence-electron chi connectivity index (χ3n) is 3.17. The van der Waals surface area contributed by atoms with E-state index in [0.29, 0.717) is 6.10 Å². The summed E-state index contributed by atoms with van der Waals surface area (Å²) >= 11 is 10.9. The molecule has 0 aromatic carbocycles. The van der Waals surface area contributed by atoms with Gasteiger partial charge in [0.1, 0.15) is 0 Å². The van der Waals surface area contributed by atoms with Gasteiger partial charge < -0.3 is 4.74 Å². The van der Waals surface area contributed by atoms with Crippen molar-refractivity contribution in [3.05, 3.63) is 0 Å². The van der Waals surface area contributed by atoms with Gasteiger partial charge in [-0.1, -0.05) is 0 Å². The molecule has 3 aliphatic rings. The van der Waals surface area contributed by atoms with E-state index >= 15 is 0 Å². The van der Waals surface area contributed by atoms with Crippen LogP contribution in [-0.4, -0.2) is 68.7 Å². The van der Waals surface area contributed by atoms with E-state index in [9.17, 15) is 0 Å². The zero-order valence-corrected chi connectivity index (χ0v) is 14.5. The molecular weight excluding hydrogens is 320 g/mol. The van der Waals surface area contributed by atoms with Crippen molar-refractivity contribution in [3.63, 3.8) is 0 Å². The first-order chi connectivity index (χ1) is 8.90.